The van der Waals surface area contributed by atoms with E-state index in [1.807, 2.05) is 6.92 Å². The molecule has 1 amide bonds. The molecule has 1 radical (unpaired) electrons. The van der Waals surface area contributed by atoms with E-state index in [1.165, 1.54) is 0 Å². The summed E-state index contributed by atoms with van der Waals surface area (Å²) in [4.78, 5) is 12.6. The Hall–Kier alpha value is -0.570. The number of hydrogen-bond donors (Lipinski definition) is 0. The summed E-state index contributed by atoms with van der Waals surface area (Å²) in [7, 11) is 0. The molecule has 0 aromatic carbocycles. The number of rotatable bonds is 1. The molecule has 0 aliphatic carbocycles. The van der Waals surface area contributed by atoms with E-state index < -0.39 is 6.10 Å². The lowest BCUT2D eigenvalue weighted by Gasteiger charge is -2.12. The van der Waals surface area contributed by atoms with Crippen molar-refractivity contribution in [2.45, 2.75) is 25.9 Å². The van der Waals surface area contributed by atoms with Crippen molar-refractivity contribution in [3.8, 4) is 0 Å². The van der Waals surface area contributed by atoms with E-state index in [0.717, 1.165) is 0 Å². The van der Waals surface area contributed by atoms with Crippen molar-refractivity contribution in [2.24, 2.45) is 0 Å². The normalized spacial score (nSPS) is 25.4. The zero-order chi connectivity index (χ0) is 7.56. The molecule has 1 fully saturated rings. The number of nitrogens with zero attached hydrogens (tertiary/aromatic N) is 1. The second-order valence-corrected chi connectivity index (χ2v) is 2.60. The number of carbonyl (C=O) groups excluding carboxylic acids is 1. The first-order valence-corrected chi connectivity index (χ1v) is 3.67. The van der Waals surface area contributed by atoms with Crippen LogP contribution in [0.4, 0.5) is 0 Å². The molecule has 57 valence electrons. The van der Waals surface area contributed by atoms with Crippen molar-refractivity contribution in [3.05, 3.63) is 0 Å². The van der Waals surface area contributed by atoms with E-state index in [4.69, 9.17) is 0 Å². The van der Waals surface area contributed by atoms with Crippen LogP contribution in [0.25, 0.3) is 0 Å². The van der Waals surface area contributed by atoms with Gasteiger partial charge in [0.1, 0.15) is 6.10 Å². The monoisotopic (exact) mass is 142 g/mol. The van der Waals surface area contributed by atoms with Gasteiger partial charge in [0.15, 0.2) is 0 Å². The van der Waals surface area contributed by atoms with Crippen LogP contribution in [0, 0.1) is 0 Å². The largest absolute Gasteiger partial charge is 0.340 e. The van der Waals surface area contributed by atoms with E-state index in [0.29, 0.717) is 25.9 Å². The highest BCUT2D eigenvalue weighted by molar-refractivity contribution is 5.76. The van der Waals surface area contributed by atoms with E-state index in [1.54, 1.807) is 4.90 Å². The molecule has 3 heteroatoms. The second-order valence-electron chi connectivity index (χ2n) is 2.60. The third kappa shape index (κ3) is 1.48. The van der Waals surface area contributed by atoms with Gasteiger partial charge in [-0.1, -0.05) is 6.92 Å². The molecule has 0 aromatic rings. The summed E-state index contributed by atoms with van der Waals surface area (Å²) >= 11 is 0. The Morgan fingerprint density at radius 1 is 1.70 bits per heavy atom. The van der Waals surface area contributed by atoms with Gasteiger partial charge in [0, 0.05) is 13.0 Å². The molecule has 1 saturated heterocycles. The van der Waals surface area contributed by atoms with Crippen molar-refractivity contribution < 1.29 is 9.90 Å². The van der Waals surface area contributed by atoms with E-state index in [2.05, 4.69) is 0 Å². The minimum Gasteiger partial charge on any atom is -0.340 e. The standard InChI is InChI=1S/C7H12NO2/c1-2-7(10)8-4-3-6(9)5-8/h6H,2-5H2,1H3. The first kappa shape index (κ1) is 7.54. The van der Waals surface area contributed by atoms with Crippen LogP contribution in [0.5, 0.6) is 0 Å². The maximum Gasteiger partial charge on any atom is 0.222 e. The Morgan fingerprint density at radius 3 is 2.80 bits per heavy atom. The van der Waals surface area contributed by atoms with Gasteiger partial charge in [-0.2, -0.15) is 0 Å². The molecule has 0 aromatic heterocycles. The molecule has 10 heavy (non-hydrogen) atoms. The van der Waals surface area contributed by atoms with Crippen LogP contribution in [-0.2, 0) is 9.90 Å². The van der Waals surface area contributed by atoms with Crippen molar-refractivity contribution in [3.63, 3.8) is 0 Å². The molecule has 1 heterocycles. The highest BCUT2D eigenvalue weighted by Gasteiger charge is 2.23. The van der Waals surface area contributed by atoms with Crippen molar-refractivity contribution >= 4 is 5.91 Å². The average molecular weight is 142 g/mol. The van der Waals surface area contributed by atoms with Crippen molar-refractivity contribution in [2.75, 3.05) is 13.1 Å². The molecule has 3 nitrogen and oxygen atoms in total. The lowest BCUT2D eigenvalue weighted by atomic mass is 10.3. The first-order chi connectivity index (χ1) is 4.74. The molecule has 1 aliphatic heterocycles. The van der Waals surface area contributed by atoms with Gasteiger partial charge in [0.2, 0.25) is 5.91 Å². The van der Waals surface area contributed by atoms with Gasteiger partial charge in [-0.3, -0.25) is 4.79 Å². The maximum atomic E-state index is 10.9. The second kappa shape index (κ2) is 3.01. The molecular formula is C7H12NO2. The lowest BCUT2D eigenvalue weighted by molar-refractivity contribution is -0.130. The zero-order valence-electron chi connectivity index (χ0n) is 6.17. The Kier molecular flexibility index (Phi) is 2.27. The third-order valence-corrected chi connectivity index (χ3v) is 1.80. The summed E-state index contributed by atoms with van der Waals surface area (Å²) in [5.41, 5.74) is 0. The molecule has 0 spiro atoms. The summed E-state index contributed by atoms with van der Waals surface area (Å²) in [6.45, 7) is 2.91. The van der Waals surface area contributed by atoms with E-state index in [9.17, 15) is 9.90 Å². The molecular weight excluding hydrogens is 130 g/mol. The molecule has 0 N–H and O–H groups in total. The van der Waals surface area contributed by atoms with Gasteiger partial charge in [-0.15, -0.1) is 0 Å². The Morgan fingerprint density at radius 2 is 2.40 bits per heavy atom. The molecule has 0 saturated carbocycles. The highest BCUT2D eigenvalue weighted by atomic mass is 16.3. The van der Waals surface area contributed by atoms with Crippen LogP contribution >= 0.6 is 0 Å². The van der Waals surface area contributed by atoms with Crippen LogP contribution in [0.3, 0.4) is 0 Å². The molecule has 0 bridgehead atoms. The van der Waals surface area contributed by atoms with Crippen LogP contribution in [0.15, 0.2) is 0 Å². The first-order valence-electron chi connectivity index (χ1n) is 3.67. The van der Waals surface area contributed by atoms with Gasteiger partial charge < -0.3 is 4.90 Å². The van der Waals surface area contributed by atoms with Gasteiger partial charge in [0.05, 0.1) is 6.54 Å². The molecule has 1 unspecified atom stereocenters. The predicted molar refractivity (Wildman–Crippen MR) is 36.0 cm³/mol. The van der Waals surface area contributed by atoms with Crippen molar-refractivity contribution in [1.29, 1.82) is 0 Å². The average Bonchev–Trinajstić information content (AvgIpc) is 2.34. The summed E-state index contributed by atoms with van der Waals surface area (Å²) < 4.78 is 0. The molecule has 1 atom stereocenters. The number of carbonyl (C=O) groups is 1. The summed E-state index contributed by atoms with van der Waals surface area (Å²) in [6.07, 6.45) is 0.619. The fraction of sp³-hybridized carbons (Fsp3) is 0.857. The minimum absolute atomic E-state index is 0.110. The number of likely N-dealkylation sites (tertiary alicyclic amines) is 1. The smallest absolute Gasteiger partial charge is 0.222 e. The number of hydrogen-bond acceptors (Lipinski definition) is 1. The zero-order valence-corrected chi connectivity index (χ0v) is 6.17. The van der Waals surface area contributed by atoms with Crippen LogP contribution < -0.4 is 0 Å². The summed E-state index contributed by atoms with van der Waals surface area (Å²) in [5.74, 6) is 0.110. The highest BCUT2D eigenvalue weighted by Crippen LogP contribution is 2.09. The topological polar surface area (TPSA) is 40.2 Å². The minimum atomic E-state index is -0.532. The molecule has 1 rings (SSSR count). The van der Waals surface area contributed by atoms with E-state index in [-0.39, 0.29) is 5.91 Å². The fourth-order valence-electron chi connectivity index (χ4n) is 1.18. The van der Waals surface area contributed by atoms with Crippen LogP contribution in [0.2, 0.25) is 0 Å². The maximum absolute atomic E-state index is 10.9. The predicted octanol–water partition coefficient (Wildman–Crippen LogP) is 0.428. The van der Waals surface area contributed by atoms with Crippen LogP contribution in [-0.4, -0.2) is 30.0 Å². The summed E-state index contributed by atoms with van der Waals surface area (Å²) in [5, 5.41) is 10.8. The van der Waals surface area contributed by atoms with Gasteiger partial charge in [-0.05, 0) is 6.42 Å². The fourth-order valence-corrected chi connectivity index (χ4v) is 1.18. The SMILES string of the molecule is CCC(=O)N1CCC([O])C1. The molecule has 1 aliphatic rings. The quantitative estimate of drug-likeness (QED) is 0.523. The number of amides is 1. The van der Waals surface area contributed by atoms with E-state index >= 15 is 0 Å². The third-order valence-electron chi connectivity index (χ3n) is 1.80. The van der Waals surface area contributed by atoms with Gasteiger partial charge in [0.25, 0.3) is 0 Å². The Bertz CT molecular complexity index is 136. The Balaban J connectivity index is 2.37. The van der Waals surface area contributed by atoms with Crippen LogP contribution in [0.1, 0.15) is 19.8 Å². The Labute approximate surface area is 60.6 Å². The van der Waals surface area contributed by atoms with Gasteiger partial charge in [-0.25, -0.2) is 5.11 Å². The van der Waals surface area contributed by atoms with Gasteiger partial charge >= 0.3 is 0 Å². The lowest BCUT2D eigenvalue weighted by Crippen LogP contribution is -2.28. The van der Waals surface area contributed by atoms with Crippen molar-refractivity contribution in [1.82, 2.24) is 4.90 Å². The summed E-state index contributed by atoms with van der Waals surface area (Å²) in [6, 6.07) is 0.